The normalized spacial score (nSPS) is 13.5. The maximum Gasteiger partial charge on any atom is 0.203 e. The van der Waals surface area contributed by atoms with Gasteiger partial charge < -0.3 is 14.8 Å². The Balaban J connectivity index is 2.54. The third kappa shape index (κ3) is 3.08. The molecule has 82 valence electrons. The number of furan rings is 1. The first-order valence-corrected chi connectivity index (χ1v) is 4.87. The van der Waals surface area contributed by atoms with Crippen molar-refractivity contribution in [2.45, 2.75) is 39.0 Å². The van der Waals surface area contributed by atoms with E-state index in [1.165, 1.54) is 0 Å². The Morgan fingerprint density at radius 1 is 1.60 bits per heavy atom. The van der Waals surface area contributed by atoms with Gasteiger partial charge in [0.15, 0.2) is 0 Å². The molecule has 0 saturated carbocycles. The molecule has 1 rings (SSSR count). The van der Waals surface area contributed by atoms with Crippen molar-refractivity contribution in [3.63, 3.8) is 0 Å². The molecule has 0 fully saturated rings. The zero-order valence-electron chi connectivity index (χ0n) is 9.24. The van der Waals surface area contributed by atoms with Crippen molar-refractivity contribution in [2.24, 2.45) is 0 Å². The number of hydrogen-bond donors (Lipinski definition) is 2. The molecule has 0 bridgehead atoms. The molecular formula is C11H16N2O2. The second-order valence-electron chi connectivity index (χ2n) is 4.13. The minimum absolute atomic E-state index is 0.307. The van der Waals surface area contributed by atoms with E-state index < -0.39 is 6.10 Å². The smallest absolute Gasteiger partial charge is 0.203 e. The van der Waals surface area contributed by atoms with E-state index in [0.717, 1.165) is 0 Å². The third-order valence-electron chi connectivity index (χ3n) is 2.53. The van der Waals surface area contributed by atoms with Gasteiger partial charge in [0.25, 0.3) is 0 Å². The molecule has 1 aromatic rings. The molecule has 1 heterocycles. The molecule has 1 atom stereocenters. The molecule has 0 aliphatic carbocycles. The lowest BCUT2D eigenvalue weighted by molar-refractivity contribution is 0.0942. The molecule has 0 aliphatic rings. The summed E-state index contributed by atoms with van der Waals surface area (Å²) in [5, 5.41) is 21.2. The number of nitrogens with one attached hydrogen (secondary N) is 1. The molecule has 2 N–H and O–H groups in total. The summed E-state index contributed by atoms with van der Waals surface area (Å²) >= 11 is 0. The lowest BCUT2D eigenvalue weighted by Gasteiger charge is -2.29. The number of hydrogen-bond acceptors (Lipinski definition) is 4. The molecule has 0 saturated heterocycles. The highest BCUT2D eigenvalue weighted by molar-refractivity contribution is 5.19. The fourth-order valence-corrected chi connectivity index (χ4v) is 0.996. The van der Waals surface area contributed by atoms with Crippen LogP contribution >= 0.6 is 0 Å². The number of aliphatic hydroxyl groups excluding tert-OH is 1. The Hall–Kier alpha value is -1.31. The van der Waals surface area contributed by atoms with Gasteiger partial charge in [-0.2, -0.15) is 5.26 Å². The topological polar surface area (TPSA) is 69.2 Å². The maximum atomic E-state index is 9.46. The second kappa shape index (κ2) is 4.47. The van der Waals surface area contributed by atoms with Gasteiger partial charge in [0.05, 0.1) is 12.6 Å². The van der Waals surface area contributed by atoms with Crippen LogP contribution in [-0.4, -0.2) is 16.7 Å². The monoisotopic (exact) mass is 208 g/mol. The van der Waals surface area contributed by atoms with Crippen LogP contribution in [0.25, 0.3) is 0 Å². The molecule has 0 spiro atoms. The summed E-state index contributed by atoms with van der Waals surface area (Å²) in [6, 6.07) is 5.31. The Labute approximate surface area is 89.5 Å². The minimum atomic E-state index is -0.456. The molecular weight excluding hydrogens is 192 g/mol. The Kier molecular flexibility index (Phi) is 3.51. The van der Waals surface area contributed by atoms with E-state index in [1.807, 2.05) is 19.9 Å². The molecule has 1 aromatic heterocycles. The van der Waals surface area contributed by atoms with Crippen molar-refractivity contribution in [3.8, 4) is 6.07 Å². The molecule has 0 aromatic carbocycles. The molecule has 4 nitrogen and oxygen atoms in total. The minimum Gasteiger partial charge on any atom is -0.449 e. The molecule has 15 heavy (non-hydrogen) atoms. The van der Waals surface area contributed by atoms with Crippen molar-refractivity contribution in [3.05, 3.63) is 23.7 Å². The summed E-state index contributed by atoms with van der Waals surface area (Å²) < 4.78 is 5.20. The highest BCUT2D eigenvalue weighted by atomic mass is 16.3. The molecule has 1 unspecified atom stereocenters. The van der Waals surface area contributed by atoms with Gasteiger partial charge in [-0.15, -0.1) is 0 Å². The van der Waals surface area contributed by atoms with Crippen LogP contribution in [0.1, 0.15) is 32.3 Å². The van der Waals surface area contributed by atoms with Crippen LogP contribution in [0.2, 0.25) is 0 Å². The summed E-state index contributed by atoms with van der Waals surface area (Å²) in [6.07, 6.45) is -0.456. The van der Waals surface area contributed by atoms with Crippen LogP contribution in [0.3, 0.4) is 0 Å². The lowest BCUT2D eigenvalue weighted by Crippen LogP contribution is -2.47. The third-order valence-corrected chi connectivity index (χ3v) is 2.53. The van der Waals surface area contributed by atoms with Crippen molar-refractivity contribution in [1.29, 1.82) is 5.26 Å². The van der Waals surface area contributed by atoms with E-state index in [2.05, 4.69) is 5.32 Å². The Morgan fingerprint density at radius 3 is 2.73 bits per heavy atom. The molecule has 0 aliphatic heterocycles. The summed E-state index contributed by atoms with van der Waals surface area (Å²) in [5.41, 5.74) is -0.375. The van der Waals surface area contributed by atoms with E-state index >= 15 is 0 Å². The van der Waals surface area contributed by atoms with Gasteiger partial charge in [0.1, 0.15) is 11.8 Å². The van der Waals surface area contributed by atoms with Gasteiger partial charge in [-0.1, -0.05) is 0 Å². The average molecular weight is 208 g/mol. The van der Waals surface area contributed by atoms with Crippen LogP contribution in [0.5, 0.6) is 0 Å². The number of rotatable bonds is 4. The highest BCUT2D eigenvalue weighted by Gasteiger charge is 2.23. The van der Waals surface area contributed by atoms with Crippen molar-refractivity contribution in [1.82, 2.24) is 5.32 Å². The first-order chi connectivity index (χ1) is 6.95. The molecule has 0 amide bonds. The molecule has 4 heteroatoms. The van der Waals surface area contributed by atoms with E-state index in [4.69, 9.17) is 9.68 Å². The van der Waals surface area contributed by atoms with Crippen LogP contribution in [0.15, 0.2) is 16.5 Å². The lowest BCUT2D eigenvalue weighted by atomic mass is 9.99. The average Bonchev–Trinajstić information content (AvgIpc) is 2.62. The fraction of sp³-hybridized carbons (Fsp3) is 0.545. The van der Waals surface area contributed by atoms with E-state index in [1.54, 1.807) is 19.1 Å². The number of nitrogens with zero attached hydrogens (tertiary/aromatic N) is 1. The fourth-order valence-electron chi connectivity index (χ4n) is 0.996. The van der Waals surface area contributed by atoms with E-state index in [0.29, 0.717) is 18.1 Å². The van der Waals surface area contributed by atoms with Gasteiger partial charge in [-0.3, -0.25) is 0 Å². The summed E-state index contributed by atoms with van der Waals surface area (Å²) in [6.45, 7) is 6.05. The summed E-state index contributed by atoms with van der Waals surface area (Å²) in [4.78, 5) is 0. The largest absolute Gasteiger partial charge is 0.449 e. The predicted molar refractivity (Wildman–Crippen MR) is 56.0 cm³/mol. The van der Waals surface area contributed by atoms with Gasteiger partial charge in [-0.25, -0.2) is 0 Å². The highest BCUT2D eigenvalue weighted by Crippen LogP contribution is 2.11. The zero-order valence-corrected chi connectivity index (χ0v) is 9.24. The van der Waals surface area contributed by atoms with Gasteiger partial charge in [-0.05, 0) is 32.9 Å². The maximum absolute atomic E-state index is 9.46. The summed E-state index contributed by atoms with van der Waals surface area (Å²) in [7, 11) is 0. The van der Waals surface area contributed by atoms with Gasteiger partial charge in [0.2, 0.25) is 5.76 Å². The quantitative estimate of drug-likeness (QED) is 0.784. The van der Waals surface area contributed by atoms with Crippen LogP contribution < -0.4 is 5.32 Å². The predicted octanol–water partition coefficient (Wildman–Crippen LogP) is 1.40. The van der Waals surface area contributed by atoms with E-state index in [9.17, 15) is 5.11 Å². The Bertz CT molecular complexity index is 361. The molecule has 0 radical (unpaired) electrons. The van der Waals surface area contributed by atoms with Crippen molar-refractivity contribution in [2.75, 3.05) is 0 Å². The van der Waals surface area contributed by atoms with Gasteiger partial charge in [0, 0.05) is 5.54 Å². The van der Waals surface area contributed by atoms with Crippen molar-refractivity contribution < 1.29 is 9.52 Å². The zero-order chi connectivity index (χ0) is 11.5. The number of aliphatic hydroxyl groups is 1. The van der Waals surface area contributed by atoms with Crippen LogP contribution in [0, 0.1) is 11.3 Å². The van der Waals surface area contributed by atoms with Crippen molar-refractivity contribution >= 4 is 0 Å². The Morgan fingerprint density at radius 2 is 2.27 bits per heavy atom. The van der Waals surface area contributed by atoms with Gasteiger partial charge >= 0.3 is 0 Å². The first kappa shape index (κ1) is 11.8. The SMILES string of the molecule is CC(O)C(C)(C)NCc1ccc(C#N)o1. The first-order valence-electron chi connectivity index (χ1n) is 4.87. The van der Waals surface area contributed by atoms with Crippen LogP contribution in [-0.2, 0) is 6.54 Å². The second-order valence-corrected chi connectivity index (χ2v) is 4.13. The van der Waals surface area contributed by atoms with Crippen LogP contribution in [0.4, 0.5) is 0 Å². The summed E-state index contributed by atoms with van der Waals surface area (Å²) in [5.74, 6) is 1.00. The van der Waals surface area contributed by atoms with E-state index in [-0.39, 0.29) is 5.54 Å². The standard InChI is InChI=1S/C11H16N2O2/c1-8(14)11(2,3)13-7-10-5-4-9(6-12)15-10/h4-5,8,13-14H,7H2,1-3H3. The number of nitriles is 1.